The Labute approximate surface area is 168 Å². The molecule has 1 aromatic rings. The molecule has 6 heteroatoms. The Kier molecular flexibility index (Phi) is 10.5. The lowest BCUT2D eigenvalue weighted by Gasteiger charge is -2.13. The third-order valence-corrected chi connectivity index (χ3v) is 4.25. The zero-order chi connectivity index (χ0) is 17.2. The monoisotopic (exact) mass is 459 g/mol. The highest BCUT2D eigenvalue weighted by atomic mass is 127. The van der Waals surface area contributed by atoms with E-state index in [0.29, 0.717) is 13.0 Å². The van der Waals surface area contributed by atoms with E-state index < -0.39 is 0 Å². The molecule has 1 aromatic carbocycles. The summed E-state index contributed by atoms with van der Waals surface area (Å²) in [6, 6.07) is 8.41. The van der Waals surface area contributed by atoms with Crippen molar-refractivity contribution in [1.82, 2.24) is 10.6 Å². The Morgan fingerprint density at radius 3 is 2.52 bits per heavy atom. The molecule has 1 aliphatic carbocycles. The molecule has 1 saturated carbocycles. The van der Waals surface area contributed by atoms with E-state index in [-0.39, 0.29) is 36.0 Å². The molecule has 1 fully saturated rings. The summed E-state index contributed by atoms with van der Waals surface area (Å²) in [7, 11) is 1.75. The summed E-state index contributed by atoms with van der Waals surface area (Å²) in [6.07, 6.45) is 5.79. The van der Waals surface area contributed by atoms with E-state index in [2.05, 4.69) is 46.8 Å². The van der Waals surface area contributed by atoms with Gasteiger partial charge in [0, 0.05) is 26.6 Å². The molecule has 0 heterocycles. The molecular weight excluding hydrogens is 429 g/mol. The first-order valence-electron chi connectivity index (χ1n) is 8.87. The molecular formula is C19H30IN3O2. The van der Waals surface area contributed by atoms with Crippen molar-refractivity contribution >= 4 is 35.9 Å². The van der Waals surface area contributed by atoms with Crippen LogP contribution in [0.15, 0.2) is 29.3 Å². The fourth-order valence-corrected chi connectivity index (χ4v) is 2.80. The number of hydrogen-bond donors (Lipinski definition) is 2. The molecule has 5 nitrogen and oxygen atoms in total. The second-order valence-electron chi connectivity index (χ2n) is 6.34. The summed E-state index contributed by atoms with van der Waals surface area (Å²) in [5, 5.41) is 6.51. The first-order chi connectivity index (χ1) is 11.7. The van der Waals surface area contributed by atoms with Gasteiger partial charge in [-0.2, -0.15) is 0 Å². The van der Waals surface area contributed by atoms with Crippen LogP contribution < -0.4 is 10.6 Å². The number of carbonyl (C=O) groups is 1. The summed E-state index contributed by atoms with van der Waals surface area (Å²) < 4.78 is 5.45. The van der Waals surface area contributed by atoms with E-state index in [9.17, 15) is 4.79 Å². The minimum atomic E-state index is -0.0775. The molecule has 0 spiro atoms. The number of guanidine groups is 1. The maximum Gasteiger partial charge on any atom is 0.306 e. The van der Waals surface area contributed by atoms with E-state index in [1.807, 2.05) is 0 Å². The van der Waals surface area contributed by atoms with Crippen LogP contribution in [0.3, 0.4) is 0 Å². The third-order valence-electron chi connectivity index (χ3n) is 4.25. The van der Waals surface area contributed by atoms with Gasteiger partial charge in [-0.05, 0) is 44.6 Å². The lowest BCUT2D eigenvalue weighted by atomic mass is 10.1. The van der Waals surface area contributed by atoms with Crippen LogP contribution in [-0.4, -0.2) is 31.6 Å². The van der Waals surface area contributed by atoms with Gasteiger partial charge < -0.3 is 15.4 Å². The van der Waals surface area contributed by atoms with Crippen LogP contribution >= 0.6 is 24.0 Å². The molecule has 0 aromatic heterocycles. The smallest absolute Gasteiger partial charge is 0.306 e. The number of carbonyl (C=O) groups excluding carboxylic acids is 1. The van der Waals surface area contributed by atoms with Crippen molar-refractivity contribution in [3.63, 3.8) is 0 Å². The molecule has 0 atom stereocenters. The topological polar surface area (TPSA) is 62.7 Å². The van der Waals surface area contributed by atoms with Crippen LogP contribution in [0.2, 0.25) is 0 Å². The second-order valence-corrected chi connectivity index (χ2v) is 6.34. The highest BCUT2D eigenvalue weighted by molar-refractivity contribution is 14.0. The Bertz CT molecular complexity index is 540. The third kappa shape index (κ3) is 8.56. The second kappa shape index (κ2) is 12.1. The molecule has 0 radical (unpaired) electrons. The Morgan fingerprint density at radius 2 is 1.88 bits per heavy atom. The average Bonchev–Trinajstić information content (AvgIpc) is 3.08. The van der Waals surface area contributed by atoms with E-state index in [4.69, 9.17) is 4.74 Å². The minimum absolute atomic E-state index is 0. The molecule has 140 valence electrons. The number of esters is 1. The van der Waals surface area contributed by atoms with E-state index in [0.717, 1.165) is 31.8 Å². The summed E-state index contributed by atoms with van der Waals surface area (Å²) in [6.45, 7) is 3.51. The number of ether oxygens (including phenoxy) is 1. The zero-order valence-electron chi connectivity index (χ0n) is 15.2. The van der Waals surface area contributed by atoms with Crippen LogP contribution in [-0.2, 0) is 16.1 Å². The van der Waals surface area contributed by atoms with Crippen LogP contribution in [0.4, 0.5) is 0 Å². The van der Waals surface area contributed by atoms with E-state index >= 15 is 0 Å². The van der Waals surface area contributed by atoms with Gasteiger partial charge in [0.2, 0.25) is 0 Å². The molecule has 0 amide bonds. The Hall–Kier alpha value is -1.31. The first-order valence-corrected chi connectivity index (χ1v) is 8.87. The number of aliphatic imine (C=N–C) groups is 1. The quantitative estimate of drug-likeness (QED) is 0.215. The number of hydrogen-bond acceptors (Lipinski definition) is 3. The van der Waals surface area contributed by atoms with Crippen molar-refractivity contribution in [2.24, 2.45) is 4.99 Å². The van der Waals surface area contributed by atoms with Gasteiger partial charge in [-0.1, -0.05) is 29.8 Å². The standard InChI is InChI=1S/C19H29N3O2.HI/c1-15-9-11-16(12-10-15)14-22-19(20-2)21-13-5-8-18(23)24-17-6-3-4-7-17;/h9-12,17H,3-8,13-14H2,1-2H3,(H2,20,21,22);1H. The lowest BCUT2D eigenvalue weighted by molar-refractivity contribution is -0.148. The predicted octanol–water partition coefficient (Wildman–Crippen LogP) is 3.54. The molecule has 1 aliphatic rings. The molecule has 0 saturated heterocycles. The van der Waals surface area contributed by atoms with Gasteiger partial charge in [0.1, 0.15) is 6.10 Å². The number of benzene rings is 1. The van der Waals surface area contributed by atoms with Crippen molar-refractivity contribution in [2.75, 3.05) is 13.6 Å². The number of nitrogens with one attached hydrogen (secondary N) is 2. The van der Waals surface area contributed by atoms with Crippen molar-refractivity contribution in [2.45, 2.75) is 58.1 Å². The lowest BCUT2D eigenvalue weighted by Crippen LogP contribution is -2.37. The Morgan fingerprint density at radius 1 is 1.20 bits per heavy atom. The van der Waals surface area contributed by atoms with Gasteiger partial charge in [-0.25, -0.2) is 0 Å². The maximum absolute atomic E-state index is 11.8. The number of halogens is 1. The van der Waals surface area contributed by atoms with Crippen LogP contribution in [0.25, 0.3) is 0 Å². The largest absolute Gasteiger partial charge is 0.462 e. The van der Waals surface area contributed by atoms with Crippen LogP contribution in [0.5, 0.6) is 0 Å². The van der Waals surface area contributed by atoms with Crippen molar-refractivity contribution in [3.05, 3.63) is 35.4 Å². The van der Waals surface area contributed by atoms with Crippen LogP contribution in [0.1, 0.15) is 49.7 Å². The highest BCUT2D eigenvalue weighted by Gasteiger charge is 2.18. The Balaban J connectivity index is 0.00000312. The van der Waals surface area contributed by atoms with Gasteiger partial charge >= 0.3 is 5.97 Å². The number of nitrogens with zero attached hydrogens (tertiary/aromatic N) is 1. The van der Waals surface area contributed by atoms with E-state index in [1.165, 1.54) is 24.0 Å². The molecule has 25 heavy (non-hydrogen) atoms. The zero-order valence-corrected chi connectivity index (χ0v) is 17.5. The summed E-state index contributed by atoms with van der Waals surface area (Å²) in [5.41, 5.74) is 2.47. The first kappa shape index (κ1) is 21.7. The van der Waals surface area contributed by atoms with Crippen molar-refractivity contribution < 1.29 is 9.53 Å². The van der Waals surface area contributed by atoms with Gasteiger partial charge in [-0.3, -0.25) is 9.79 Å². The molecule has 2 rings (SSSR count). The summed E-state index contributed by atoms with van der Waals surface area (Å²) in [4.78, 5) is 16.0. The maximum atomic E-state index is 11.8. The van der Waals surface area contributed by atoms with Crippen LogP contribution in [0, 0.1) is 6.92 Å². The molecule has 0 aliphatic heterocycles. The summed E-state index contributed by atoms with van der Waals surface area (Å²) in [5.74, 6) is 0.672. The van der Waals surface area contributed by atoms with Crippen molar-refractivity contribution in [3.8, 4) is 0 Å². The van der Waals surface area contributed by atoms with Crippen molar-refractivity contribution in [1.29, 1.82) is 0 Å². The van der Waals surface area contributed by atoms with Gasteiger partial charge in [0.05, 0.1) is 0 Å². The SMILES string of the molecule is CN=C(NCCCC(=O)OC1CCCC1)NCc1ccc(C)cc1.I. The molecule has 2 N–H and O–H groups in total. The predicted molar refractivity (Wildman–Crippen MR) is 112 cm³/mol. The number of rotatable bonds is 7. The average molecular weight is 459 g/mol. The van der Waals surface area contributed by atoms with Gasteiger partial charge in [0.15, 0.2) is 5.96 Å². The molecule has 0 unspecified atom stereocenters. The fourth-order valence-electron chi connectivity index (χ4n) is 2.80. The summed E-state index contributed by atoms with van der Waals surface area (Å²) >= 11 is 0. The fraction of sp³-hybridized carbons (Fsp3) is 0.579. The normalized spacial score (nSPS) is 14.7. The highest BCUT2D eigenvalue weighted by Crippen LogP contribution is 2.21. The minimum Gasteiger partial charge on any atom is -0.462 e. The van der Waals surface area contributed by atoms with Gasteiger partial charge in [0.25, 0.3) is 0 Å². The number of aryl methyl sites for hydroxylation is 1. The van der Waals surface area contributed by atoms with E-state index in [1.54, 1.807) is 7.05 Å². The van der Waals surface area contributed by atoms with Gasteiger partial charge in [-0.15, -0.1) is 24.0 Å². The molecule has 0 bridgehead atoms.